The molecular formula is C28H28FN3O4. The van der Waals surface area contributed by atoms with E-state index in [0.717, 1.165) is 31.2 Å². The molecule has 5 unspecified atom stereocenters. The first kappa shape index (κ1) is 22.9. The monoisotopic (exact) mass is 489 g/mol. The lowest BCUT2D eigenvalue weighted by atomic mass is 9.74. The summed E-state index contributed by atoms with van der Waals surface area (Å²) in [5.41, 5.74) is 0.331. The van der Waals surface area contributed by atoms with Crippen molar-refractivity contribution in [2.75, 3.05) is 10.2 Å². The molecule has 7 nitrogen and oxygen atoms in total. The van der Waals surface area contributed by atoms with Crippen molar-refractivity contribution in [3.05, 3.63) is 72.1 Å². The van der Waals surface area contributed by atoms with Crippen molar-refractivity contribution in [3.8, 4) is 0 Å². The van der Waals surface area contributed by atoms with Gasteiger partial charge in [0.2, 0.25) is 17.7 Å². The summed E-state index contributed by atoms with van der Waals surface area (Å²) in [7, 11) is 0. The molecule has 3 heterocycles. The lowest BCUT2D eigenvalue weighted by Gasteiger charge is -2.33. The van der Waals surface area contributed by atoms with Gasteiger partial charge in [-0.3, -0.25) is 19.3 Å². The van der Waals surface area contributed by atoms with Crippen molar-refractivity contribution in [2.45, 2.75) is 56.4 Å². The molecule has 1 aliphatic carbocycles. The van der Waals surface area contributed by atoms with E-state index < -0.39 is 41.3 Å². The van der Waals surface area contributed by atoms with E-state index in [2.05, 4.69) is 10.6 Å². The lowest BCUT2D eigenvalue weighted by Crippen LogP contribution is -2.56. The van der Waals surface area contributed by atoms with Crippen LogP contribution in [0, 0.1) is 24.6 Å². The number of hydrogen-bond acceptors (Lipinski definition) is 4. The molecular weight excluding hydrogens is 461 g/mol. The third-order valence-corrected chi connectivity index (χ3v) is 7.96. The molecule has 3 aliphatic heterocycles. The van der Waals surface area contributed by atoms with Gasteiger partial charge in [-0.05, 0) is 44.0 Å². The Hall–Kier alpha value is -3.52. The molecule has 2 aromatic rings. The van der Waals surface area contributed by atoms with Crippen molar-refractivity contribution in [3.63, 3.8) is 0 Å². The van der Waals surface area contributed by atoms with E-state index in [-0.39, 0.29) is 23.5 Å². The molecule has 3 amide bonds. The minimum absolute atomic E-state index is 0.00809. The predicted molar refractivity (Wildman–Crippen MR) is 132 cm³/mol. The third-order valence-electron chi connectivity index (χ3n) is 7.96. The van der Waals surface area contributed by atoms with Crippen LogP contribution in [0.3, 0.4) is 0 Å². The van der Waals surface area contributed by atoms with Crippen LogP contribution in [0.5, 0.6) is 0 Å². The highest BCUT2D eigenvalue weighted by molar-refractivity contribution is 6.11. The molecule has 1 saturated carbocycles. The van der Waals surface area contributed by atoms with Crippen molar-refractivity contribution in [1.82, 2.24) is 5.32 Å². The number of amides is 3. The normalized spacial score (nSPS) is 30.6. The summed E-state index contributed by atoms with van der Waals surface area (Å²) in [4.78, 5) is 42.4. The Morgan fingerprint density at radius 1 is 1.06 bits per heavy atom. The quantitative estimate of drug-likeness (QED) is 0.630. The largest absolute Gasteiger partial charge is 0.359 e. The van der Waals surface area contributed by atoms with Crippen molar-refractivity contribution in [1.29, 1.82) is 0 Å². The van der Waals surface area contributed by atoms with Crippen LogP contribution in [0.2, 0.25) is 0 Å². The first-order valence-electron chi connectivity index (χ1n) is 12.5. The van der Waals surface area contributed by atoms with Gasteiger partial charge in [0, 0.05) is 11.7 Å². The fourth-order valence-electron chi connectivity index (χ4n) is 6.29. The van der Waals surface area contributed by atoms with E-state index >= 15 is 0 Å². The number of fused-ring (bicyclic) bond motifs is 1. The number of carbonyl (C=O) groups is 3. The number of hydrogen-bond donors (Lipinski definition) is 2. The number of carbonyl (C=O) groups excluding carboxylic acids is 3. The summed E-state index contributed by atoms with van der Waals surface area (Å²) >= 11 is 0. The van der Waals surface area contributed by atoms with Gasteiger partial charge in [0.15, 0.2) is 0 Å². The second-order valence-electron chi connectivity index (χ2n) is 10.2. The van der Waals surface area contributed by atoms with E-state index in [9.17, 15) is 18.8 Å². The molecule has 3 fully saturated rings. The van der Waals surface area contributed by atoms with E-state index in [1.807, 2.05) is 19.1 Å². The van der Waals surface area contributed by atoms with Gasteiger partial charge >= 0.3 is 0 Å². The average Bonchev–Trinajstić information content (AvgIpc) is 3.63. The second-order valence-corrected chi connectivity index (χ2v) is 10.2. The minimum atomic E-state index is -1.35. The van der Waals surface area contributed by atoms with E-state index in [4.69, 9.17) is 4.74 Å². The summed E-state index contributed by atoms with van der Waals surface area (Å²) in [5, 5.41) is 5.97. The number of halogens is 1. The zero-order chi connectivity index (χ0) is 25.0. The van der Waals surface area contributed by atoms with Crippen LogP contribution in [-0.2, 0) is 19.1 Å². The molecule has 4 aliphatic rings. The highest BCUT2D eigenvalue weighted by atomic mass is 19.1. The van der Waals surface area contributed by atoms with Crippen molar-refractivity contribution < 1.29 is 23.5 Å². The number of rotatable bonds is 5. The highest BCUT2D eigenvalue weighted by Gasteiger charge is 2.73. The smallest absolute Gasteiger partial charge is 0.246 e. The Bertz CT molecular complexity index is 1260. The Kier molecular flexibility index (Phi) is 5.44. The zero-order valence-electron chi connectivity index (χ0n) is 19.9. The predicted octanol–water partition coefficient (Wildman–Crippen LogP) is 3.49. The number of nitrogens with one attached hydrogen (secondary N) is 2. The maximum Gasteiger partial charge on any atom is 0.246 e. The summed E-state index contributed by atoms with van der Waals surface area (Å²) in [6.45, 7) is 1.95. The molecule has 6 rings (SSSR count). The van der Waals surface area contributed by atoms with Crippen molar-refractivity contribution in [2.24, 2.45) is 11.8 Å². The summed E-state index contributed by atoms with van der Waals surface area (Å²) < 4.78 is 21.3. The third kappa shape index (κ3) is 3.46. The summed E-state index contributed by atoms with van der Waals surface area (Å²) in [6.07, 6.45) is 6.62. The fourth-order valence-corrected chi connectivity index (χ4v) is 6.29. The van der Waals surface area contributed by atoms with Gasteiger partial charge in [0.1, 0.15) is 17.5 Å². The molecule has 0 aromatic heterocycles. The molecule has 1 spiro atoms. The molecule has 2 aromatic carbocycles. The standard InChI is InChI=1S/C28H28FN3O4/c1-16-10-12-18(13-11-16)30-25(33)22-21-14-15-28(36-21)23(22)27(35)32(20-9-5-4-8-19(20)29)24(28)26(34)31-17-6-2-3-7-17/h4-5,8-15,17,21-24H,2-3,6-7H2,1H3,(H,30,33)(H,31,34). The number of para-hydroxylation sites is 1. The van der Waals surface area contributed by atoms with Gasteiger partial charge in [-0.15, -0.1) is 0 Å². The Labute approximate surface area is 208 Å². The first-order valence-corrected chi connectivity index (χ1v) is 12.5. The number of benzene rings is 2. The Morgan fingerprint density at radius 3 is 2.50 bits per heavy atom. The second kappa shape index (κ2) is 8.55. The van der Waals surface area contributed by atoms with Crippen LogP contribution in [0.25, 0.3) is 0 Å². The average molecular weight is 490 g/mol. The molecule has 2 bridgehead atoms. The zero-order valence-corrected chi connectivity index (χ0v) is 19.9. The first-order chi connectivity index (χ1) is 17.4. The molecule has 2 saturated heterocycles. The molecule has 36 heavy (non-hydrogen) atoms. The van der Waals surface area contributed by atoms with E-state index in [0.29, 0.717) is 5.69 Å². The number of nitrogens with zero attached hydrogens (tertiary/aromatic N) is 1. The number of anilines is 2. The van der Waals surface area contributed by atoms with Crippen molar-refractivity contribution >= 4 is 29.1 Å². The van der Waals surface area contributed by atoms with Crippen LogP contribution >= 0.6 is 0 Å². The topological polar surface area (TPSA) is 87.7 Å². The van der Waals surface area contributed by atoms with Gasteiger partial charge in [-0.25, -0.2) is 4.39 Å². The maximum absolute atomic E-state index is 15.0. The van der Waals surface area contributed by atoms with Gasteiger partial charge in [-0.2, -0.15) is 0 Å². The maximum atomic E-state index is 15.0. The Morgan fingerprint density at radius 2 is 1.78 bits per heavy atom. The van der Waals surface area contributed by atoms with Crippen LogP contribution in [0.15, 0.2) is 60.7 Å². The SMILES string of the molecule is Cc1ccc(NC(=O)C2C3C=CC4(O3)C2C(=O)N(c2ccccc2F)C4C(=O)NC2CCCC2)cc1. The molecule has 2 N–H and O–H groups in total. The van der Waals surface area contributed by atoms with Gasteiger partial charge in [-0.1, -0.05) is 54.8 Å². The number of ether oxygens (including phenoxy) is 1. The molecule has 186 valence electrons. The number of aryl methyl sites for hydroxylation is 1. The fraction of sp³-hybridized carbons (Fsp3) is 0.393. The van der Waals surface area contributed by atoms with Crippen LogP contribution < -0.4 is 15.5 Å². The summed E-state index contributed by atoms with van der Waals surface area (Å²) in [6, 6.07) is 12.2. The van der Waals surface area contributed by atoms with Crippen LogP contribution in [-0.4, -0.2) is 41.5 Å². The van der Waals surface area contributed by atoms with E-state index in [1.54, 1.807) is 30.4 Å². The van der Waals surface area contributed by atoms with Gasteiger partial charge in [0.05, 0.1) is 23.6 Å². The summed E-state index contributed by atoms with van der Waals surface area (Å²) in [5.74, 6) is -3.63. The minimum Gasteiger partial charge on any atom is -0.359 e. The highest BCUT2D eigenvalue weighted by Crippen LogP contribution is 2.56. The molecule has 8 heteroatoms. The van der Waals surface area contributed by atoms with Gasteiger partial charge < -0.3 is 15.4 Å². The van der Waals surface area contributed by atoms with Gasteiger partial charge in [0.25, 0.3) is 0 Å². The van der Waals surface area contributed by atoms with E-state index in [1.165, 1.54) is 23.1 Å². The Balaban J connectivity index is 1.38. The molecule has 5 atom stereocenters. The van der Waals surface area contributed by atoms with Crippen LogP contribution in [0.1, 0.15) is 31.2 Å². The van der Waals surface area contributed by atoms with Crippen LogP contribution in [0.4, 0.5) is 15.8 Å². The lowest BCUT2D eigenvalue weighted by molar-refractivity contribution is -0.129. The molecule has 0 radical (unpaired) electrons.